The highest BCUT2D eigenvalue weighted by Crippen LogP contribution is 2.24. The van der Waals surface area contributed by atoms with Gasteiger partial charge in [0.05, 0.1) is 5.69 Å². The van der Waals surface area contributed by atoms with Crippen molar-refractivity contribution in [1.82, 2.24) is 20.2 Å². The molecule has 1 fully saturated rings. The van der Waals surface area contributed by atoms with Gasteiger partial charge in [0.25, 0.3) is 5.91 Å². The summed E-state index contributed by atoms with van der Waals surface area (Å²) in [5.74, 6) is -0.0200. The zero-order valence-electron chi connectivity index (χ0n) is 14.5. The molecule has 0 atom stereocenters. The molecule has 1 aliphatic heterocycles. The van der Waals surface area contributed by atoms with Crippen molar-refractivity contribution in [2.45, 2.75) is 32.2 Å². The zero-order chi connectivity index (χ0) is 18.7. The van der Waals surface area contributed by atoms with Crippen LogP contribution in [0.25, 0.3) is 10.7 Å². The number of carbonyl (C=O) groups is 3. The summed E-state index contributed by atoms with van der Waals surface area (Å²) >= 11 is 1.40. The monoisotopic (exact) mass is 373 g/mol. The van der Waals surface area contributed by atoms with Crippen LogP contribution in [0.5, 0.6) is 0 Å². The summed E-state index contributed by atoms with van der Waals surface area (Å²) in [6, 6.07) is 5.13. The first-order valence-corrected chi connectivity index (χ1v) is 9.06. The first kappa shape index (κ1) is 18.0. The molecule has 1 aliphatic rings. The van der Waals surface area contributed by atoms with Gasteiger partial charge in [0.2, 0.25) is 5.91 Å². The second kappa shape index (κ2) is 7.20. The van der Waals surface area contributed by atoms with Crippen molar-refractivity contribution in [2.75, 3.05) is 11.9 Å². The molecule has 0 radical (unpaired) electrons. The summed E-state index contributed by atoms with van der Waals surface area (Å²) in [6.45, 7) is 3.51. The molecule has 2 aromatic rings. The van der Waals surface area contributed by atoms with Crippen molar-refractivity contribution in [3.63, 3.8) is 0 Å². The Balaban J connectivity index is 1.49. The normalized spacial score (nSPS) is 15.8. The molecule has 0 spiro atoms. The number of hydrogen-bond acceptors (Lipinski definition) is 6. The summed E-state index contributed by atoms with van der Waals surface area (Å²) in [5, 5.41) is 7.81. The molecule has 0 unspecified atom stereocenters. The van der Waals surface area contributed by atoms with Crippen molar-refractivity contribution < 1.29 is 14.4 Å². The second-order valence-electron chi connectivity index (χ2n) is 6.42. The Labute approximate surface area is 154 Å². The minimum atomic E-state index is -0.887. The maximum absolute atomic E-state index is 12.1. The van der Waals surface area contributed by atoms with E-state index in [1.807, 2.05) is 18.2 Å². The van der Waals surface area contributed by atoms with Gasteiger partial charge >= 0.3 is 6.03 Å². The number of anilines is 1. The lowest BCUT2D eigenvalue weighted by Crippen LogP contribution is -2.40. The fraction of sp³-hybridized carbons (Fsp3) is 0.353. The Morgan fingerprint density at radius 3 is 2.81 bits per heavy atom. The van der Waals surface area contributed by atoms with Crippen molar-refractivity contribution in [1.29, 1.82) is 0 Å². The van der Waals surface area contributed by atoms with Crippen LogP contribution < -0.4 is 10.6 Å². The number of thiazole rings is 1. The lowest BCUT2D eigenvalue weighted by atomic mass is 10.1. The summed E-state index contributed by atoms with van der Waals surface area (Å²) in [5.41, 5.74) is -0.138. The highest BCUT2D eigenvalue weighted by molar-refractivity contribution is 7.13. The van der Waals surface area contributed by atoms with E-state index in [-0.39, 0.29) is 24.8 Å². The Morgan fingerprint density at radius 1 is 1.35 bits per heavy atom. The quantitative estimate of drug-likeness (QED) is 0.756. The average molecular weight is 373 g/mol. The van der Waals surface area contributed by atoms with E-state index >= 15 is 0 Å². The standard InChI is InChI=1S/C17H19N5O3S/c1-17(2)15(24)22(16(25)21-17)9-5-7-13(23)19-12-10-26-14(20-12)11-6-3-4-8-18-11/h3-4,6,8,10H,5,7,9H2,1-2H3,(H,19,23)(H,21,25). The SMILES string of the molecule is CC1(C)NC(=O)N(CCCC(=O)Nc2csc(-c3ccccn3)n2)C1=O. The highest BCUT2D eigenvalue weighted by Gasteiger charge is 2.43. The molecule has 0 saturated carbocycles. The smallest absolute Gasteiger partial charge is 0.324 e. The summed E-state index contributed by atoms with van der Waals surface area (Å²) in [7, 11) is 0. The Morgan fingerprint density at radius 2 is 2.15 bits per heavy atom. The predicted molar refractivity (Wildman–Crippen MR) is 97.5 cm³/mol. The van der Waals surface area contributed by atoms with E-state index in [0.717, 1.165) is 15.6 Å². The van der Waals surface area contributed by atoms with E-state index < -0.39 is 11.6 Å². The number of rotatable bonds is 6. The van der Waals surface area contributed by atoms with Gasteiger partial charge in [-0.2, -0.15) is 0 Å². The maximum atomic E-state index is 12.1. The fourth-order valence-electron chi connectivity index (χ4n) is 2.56. The van der Waals surface area contributed by atoms with Crippen molar-refractivity contribution >= 4 is 35.0 Å². The molecule has 3 rings (SSSR count). The Bertz CT molecular complexity index is 834. The number of amides is 4. The largest absolute Gasteiger partial charge is 0.325 e. The summed E-state index contributed by atoms with van der Waals surface area (Å²) in [4.78, 5) is 45.6. The van der Waals surface area contributed by atoms with Crippen LogP contribution in [0.1, 0.15) is 26.7 Å². The third-order valence-corrected chi connectivity index (χ3v) is 4.75. The van der Waals surface area contributed by atoms with E-state index in [1.54, 1.807) is 25.4 Å². The number of carbonyl (C=O) groups excluding carboxylic acids is 3. The minimum absolute atomic E-state index is 0.188. The molecule has 3 heterocycles. The molecule has 8 nitrogen and oxygen atoms in total. The van der Waals surface area contributed by atoms with Crippen LogP contribution in [0.15, 0.2) is 29.8 Å². The van der Waals surface area contributed by atoms with E-state index in [4.69, 9.17) is 0 Å². The van der Waals surface area contributed by atoms with Gasteiger partial charge in [0.1, 0.15) is 16.4 Å². The third-order valence-electron chi connectivity index (χ3n) is 3.89. The molecule has 4 amide bonds. The van der Waals surface area contributed by atoms with Gasteiger partial charge in [0.15, 0.2) is 0 Å². The van der Waals surface area contributed by atoms with E-state index in [2.05, 4.69) is 20.6 Å². The minimum Gasteiger partial charge on any atom is -0.324 e. The molecule has 0 aliphatic carbocycles. The summed E-state index contributed by atoms with van der Waals surface area (Å²) < 4.78 is 0. The molecule has 26 heavy (non-hydrogen) atoms. The van der Waals surface area contributed by atoms with Gasteiger partial charge in [-0.25, -0.2) is 9.78 Å². The Kier molecular flexibility index (Phi) is 4.99. The lowest BCUT2D eigenvalue weighted by Gasteiger charge is -2.15. The molecular weight excluding hydrogens is 354 g/mol. The molecule has 2 aromatic heterocycles. The highest BCUT2D eigenvalue weighted by atomic mass is 32.1. The second-order valence-corrected chi connectivity index (χ2v) is 7.27. The van der Waals surface area contributed by atoms with Gasteiger partial charge < -0.3 is 10.6 Å². The number of urea groups is 1. The number of hydrogen-bond donors (Lipinski definition) is 2. The van der Waals surface area contributed by atoms with Gasteiger partial charge in [-0.3, -0.25) is 19.5 Å². The van der Waals surface area contributed by atoms with Crippen molar-refractivity contribution in [2.24, 2.45) is 0 Å². The predicted octanol–water partition coefficient (Wildman–Crippen LogP) is 2.25. The van der Waals surface area contributed by atoms with Crippen LogP contribution in [-0.2, 0) is 9.59 Å². The molecule has 1 saturated heterocycles. The van der Waals surface area contributed by atoms with Crippen LogP contribution in [0.4, 0.5) is 10.6 Å². The average Bonchev–Trinajstić information content (AvgIpc) is 3.13. The molecule has 0 bridgehead atoms. The number of nitrogens with one attached hydrogen (secondary N) is 2. The van der Waals surface area contributed by atoms with Crippen LogP contribution in [0, 0.1) is 0 Å². The fourth-order valence-corrected chi connectivity index (χ4v) is 3.29. The van der Waals surface area contributed by atoms with Crippen LogP contribution in [-0.4, -0.2) is 44.8 Å². The topological polar surface area (TPSA) is 104 Å². The lowest BCUT2D eigenvalue weighted by molar-refractivity contribution is -0.130. The third kappa shape index (κ3) is 3.88. The molecular formula is C17H19N5O3S. The van der Waals surface area contributed by atoms with Crippen molar-refractivity contribution in [3.05, 3.63) is 29.8 Å². The van der Waals surface area contributed by atoms with Gasteiger partial charge in [-0.15, -0.1) is 11.3 Å². The van der Waals surface area contributed by atoms with Crippen LogP contribution in [0.2, 0.25) is 0 Å². The first-order chi connectivity index (χ1) is 12.4. The van der Waals surface area contributed by atoms with Gasteiger partial charge in [0, 0.05) is 24.5 Å². The van der Waals surface area contributed by atoms with Crippen LogP contribution >= 0.6 is 11.3 Å². The Hall–Kier alpha value is -2.81. The van der Waals surface area contributed by atoms with Gasteiger partial charge in [-0.1, -0.05) is 6.07 Å². The maximum Gasteiger partial charge on any atom is 0.325 e. The number of imide groups is 1. The van der Waals surface area contributed by atoms with Crippen molar-refractivity contribution in [3.8, 4) is 10.7 Å². The van der Waals surface area contributed by atoms with E-state index in [1.165, 1.54) is 11.3 Å². The van der Waals surface area contributed by atoms with Gasteiger partial charge in [-0.05, 0) is 32.4 Å². The van der Waals surface area contributed by atoms with E-state index in [0.29, 0.717) is 12.2 Å². The molecule has 136 valence electrons. The van der Waals surface area contributed by atoms with E-state index in [9.17, 15) is 14.4 Å². The molecule has 0 aromatic carbocycles. The molecule has 9 heteroatoms. The first-order valence-electron chi connectivity index (χ1n) is 8.18. The zero-order valence-corrected chi connectivity index (χ0v) is 15.3. The summed E-state index contributed by atoms with van der Waals surface area (Å²) in [6.07, 6.45) is 2.26. The van der Waals surface area contributed by atoms with Crippen LogP contribution in [0.3, 0.4) is 0 Å². The number of nitrogens with zero attached hydrogens (tertiary/aromatic N) is 3. The number of pyridine rings is 1. The number of aromatic nitrogens is 2. The molecule has 2 N–H and O–H groups in total.